The van der Waals surface area contributed by atoms with Crippen LogP contribution < -0.4 is 10.6 Å². The molecule has 2 rings (SSSR count). The lowest BCUT2D eigenvalue weighted by atomic mass is 9.83. The summed E-state index contributed by atoms with van der Waals surface area (Å²) in [5.74, 6) is 0.636. The first kappa shape index (κ1) is 14.3. The van der Waals surface area contributed by atoms with E-state index in [0.717, 1.165) is 0 Å². The third-order valence-electron chi connectivity index (χ3n) is 3.60. The maximum atomic E-state index is 5.65. The summed E-state index contributed by atoms with van der Waals surface area (Å²) in [5.41, 5.74) is 0.164. The maximum absolute atomic E-state index is 5.65. The maximum Gasteiger partial charge on any atom is 0.315 e. The molecule has 0 spiro atoms. The van der Waals surface area contributed by atoms with Gasteiger partial charge in [0.15, 0.2) is 0 Å². The van der Waals surface area contributed by atoms with Gasteiger partial charge in [-0.3, -0.25) is 0 Å². The lowest BCUT2D eigenvalue weighted by molar-refractivity contribution is 0.335. The number of hydrogen-bond donors (Lipinski definition) is 2. The first-order valence-corrected chi connectivity index (χ1v) is 7.22. The van der Waals surface area contributed by atoms with Gasteiger partial charge in [-0.2, -0.15) is 0 Å². The molecule has 0 atom stereocenters. The first-order chi connectivity index (χ1) is 8.86. The van der Waals surface area contributed by atoms with Crippen molar-refractivity contribution in [1.29, 1.82) is 0 Å². The third kappa shape index (κ3) is 4.49. The number of nitrogens with one attached hydrogen (secondary N) is 2. The number of nitrogens with zero attached hydrogens (tertiary/aromatic N) is 2. The molecule has 0 unspecified atom stereocenters. The molecule has 0 bridgehead atoms. The Balaban J connectivity index is 1.90. The van der Waals surface area contributed by atoms with Crippen molar-refractivity contribution in [2.24, 2.45) is 0 Å². The minimum Gasteiger partial charge on any atom is -0.407 e. The predicted molar refractivity (Wildman–Crippen MR) is 76.0 cm³/mol. The van der Waals surface area contributed by atoms with Gasteiger partial charge in [0.05, 0.1) is 6.54 Å². The zero-order valence-corrected chi connectivity index (χ0v) is 12.5. The second kappa shape index (κ2) is 5.49. The molecule has 0 aliphatic heterocycles. The second-order valence-electron chi connectivity index (χ2n) is 6.85. The number of anilines is 1. The number of aromatic nitrogens is 2. The van der Waals surface area contributed by atoms with Gasteiger partial charge in [0.25, 0.3) is 0 Å². The van der Waals surface area contributed by atoms with Gasteiger partial charge in [0, 0.05) is 11.1 Å². The molecule has 1 aromatic rings. The minimum atomic E-state index is 0.0530. The second-order valence-corrected chi connectivity index (χ2v) is 6.85. The molecule has 0 amide bonds. The van der Waals surface area contributed by atoms with E-state index in [1.807, 2.05) is 0 Å². The zero-order chi connectivity index (χ0) is 13.9. The van der Waals surface area contributed by atoms with Crippen LogP contribution in [0.5, 0.6) is 0 Å². The van der Waals surface area contributed by atoms with Crippen molar-refractivity contribution in [1.82, 2.24) is 15.5 Å². The fraction of sp³-hybridized carbons (Fsp3) is 0.857. The van der Waals surface area contributed by atoms with Crippen LogP contribution >= 0.6 is 0 Å². The molecule has 0 saturated heterocycles. The van der Waals surface area contributed by atoms with E-state index in [2.05, 4.69) is 48.5 Å². The van der Waals surface area contributed by atoms with Crippen LogP contribution in [-0.2, 0) is 6.54 Å². The van der Waals surface area contributed by atoms with E-state index in [4.69, 9.17) is 4.42 Å². The van der Waals surface area contributed by atoms with Crippen LogP contribution in [-0.4, -0.2) is 21.3 Å². The van der Waals surface area contributed by atoms with Crippen molar-refractivity contribution in [2.75, 3.05) is 5.32 Å². The van der Waals surface area contributed by atoms with Crippen LogP contribution in [0.15, 0.2) is 4.42 Å². The van der Waals surface area contributed by atoms with Crippen molar-refractivity contribution in [3.05, 3.63) is 5.89 Å². The summed E-state index contributed by atoms with van der Waals surface area (Å²) in [4.78, 5) is 0. The van der Waals surface area contributed by atoms with Crippen molar-refractivity contribution in [2.45, 2.75) is 77.4 Å². The molecular formula is C14H26N4O. The summed E-state index contributed by atoms with van der Waals surface area (Å²) in [6.45, 7) is 9.20. The molecule has 1 aliphatic carbocycles. The van der Waals surface area contributed by atoms with E-state index in [-0.39, 0.29) is 11.1 Å². The smallest absolute Gasteiger partial charge is 0.315 e. The Labute approximate surface area is 115 Å². The van der Waals surface area contributed by atoms with Gasteiger partial charge in [0.1, 0.15) is 0 Å². The average Bonchev–Trinajstić information content (AvgIpc) is 2.73. The lowest BCUT2D eigenvalue weighted by Gasteiger charge is -2.33. The Morgan fingerprint density at radius 3 is 2.47 bits per heavy atom. The van der Waals surface area contributed by atoms with Crippen LogP contribution in [0.3, 0.4) is 0 Å². The fourth-order valence-electron chi connectivity index (χ4n) is 2.43. The summed E-state index contributed by atoms with van der Waals surface area (Å²) in [6.07, 6.45) is 6.23. The molecule has 1 fully saturated rings. The Morgan fingerprint density at radius 2 is 1.84 bits per heavy atom. The largest absolute Gasteiger partial charge is 0.407 e. The van der Waals surface area contributed by atoms with E-state index >= 15 is 0 Å². The van der Waals surface area contributed by atoms with Gasteiger partial charge in [-0.05, 0) is 40.5 Å². The quantitative estimate of drug-likeness (QED) is 0.876. The van der Waals surface area contributed by atoms with Gasteiger partial charge in [0.2, 0.25) is 5.89 Å². The van der Waals surface area contributed by atoms with Gasteiger partial charge >= 0.3 is 6.01 Å². The SMILES string of the molecule is CC(C)(C)NCc1nnc(NC2(C)CCCCC2)o1. The van der Waals surface area contributed by atoms with Gasteiger partial charge in [-0.25, -0.2) is 0 Å². The predicted octanol–water partition coefficient (Wildman–Crippen LogP) is 3.09. The van der Waals surface area contributed by atoms with E-state index in [0.29, 0.717) is 18.5 Å². The van der Waals surface area contributed by atoms with Crippen molar-refractivity contribution >= 4 is 6.01 Å². The molecular weight excluding hydrogens is 240 g/mol. The summed E-state index contributed by atoms with van der Waals surface area (Å²) in [5, 5.41) is 14.9. The molecule has 5 heteroatoms. The van der Waals surface area contributed by atoms with Crippen molar-refractivity contribution in [3.63, 3.8) is 0 Å². The average molecular weight is 266 g/mol. The molecule has 108 valence electrons. The Morgan fingerprint density at radius 1 is 1.16 bits per heavy atom. The van der Waals surface area contributed by atoms with Crippen LogP contribution in [0.2, 0.25) is 0 Å². The Bertz CT molecular complexity index is 402. The van der Waals surface area contributed by atoms with E-state index < -0.39 is 0 Å². The molecule has 0 aromatic carbocycles. The Kier molecular flexibility index (Phi) is 4.13. The zero-order valence-electron chi connectivity index (χ0n) is 12.5. The fourth-order valence-corrected chi connectivity index (χ4v) is 2.43. The van der Waals surface area contributed by atoms with E-state index in [1.165, 1.54) is 32.1 Å². The molecule has 2 N–H and O–H groups in total. The monoisotopic (exact) mass is 266 g/mol. The number of rotatable bonds is 4. The number of hydrogen-bond acceptors (Lipinski definition) is 5. The van der Waals surface area contributed by atoms with Crippen LogP contribution in [0.4, 0.5) is 6.01 Å². The van der Waals surface area contributed by atoms with Gasteiger partial charge in [-0.1, -0.05) is 24.4 Å². The highest BCUT2D eigenvalue weighted by atomic mass is 16.4. The molecule has 5 nitrogen and oxygen atoms in total. The summed E-state index contributed by atoms with van der Waals surface area (Å²) < 4.78 is 5.65. The van der Waals surface area contributed by atoms with Crippen molar-refractivity contribution < 1.29 is 4.42 Å². The minimum absolute atomic E-state index is 0.0530. The Hall–Kier alpha value is -1.10. The first-order valence-electron chi connectivity index (χ1n) is 7.22. The van der Waals surface area contributed by atoms with E-state index in [9.17, 15) is 0 Å². The summed E-state index contributed by atoms with van der Waals surface area (Å²) >= 11 is 0. The summed E-state index contributed by atoms with van der Waals surface area (Å²) in [6, 6.07) is 0.551. The van der Waals surface area contributed by atoms with Crippen LogP contribution in [0.25, 0.3) is 0 Å². The highest BCUT2D eigenvalue weighted by molar-refractivity contribution is 5.23. The van der Waals surface area contributed by atoms with Crippen LogP contribution in [0, 0.1) is 0 Å². The standard InChI is InChI=1S/C14H26N4O/c1-13(2,3)15-10-11-17-18-12(19-11)16-14(4)8-6-5-7-9-14/h15H,5-10H2,1-4H3,(H,16,18). The molecule has 1 aliphatic rings. The molecule has 1 aromatic heterocycles. The van der Waals surface area contributed by atoms with Crippen LogP contribution in [0.1, 0.15) is 65.7 Å². The van der Waals surface area contributed by atoms with Gasteiger partial charge in [-0.15, -0.1) is 5.10 Å². The molecule has 1 saturated carbocycles. The van der Waals surface area contributed by atoms with Crippen molar-refractivity contribution in [3.8, 4) is 0 Å². The molecule has 19 heavy (non-hydrogen) atoms. The molecule has 0 radical (unpaired) electrons. The third-order valence-corrected chi connectivity index (χ3v) is 3.60. The lowest BCUT2D eigenvalue weighted by Crippen LogP contribution is -2.36. The topological polar surface area (TPSA) is 63.0 Å². The highest BCUT2D eigenvalue weighted by Crippen LogP contribution is 2.30. The van der Waals surface area contributed by atoms with E-state index in [1.54, 1.807) is 0 Å². The highest BCUT2D eigenvalue weighted by Gasteiger charge is 2.28. The van der Waals surface area contributed by atoms with Gasteiger partial charge < -0.3 is 15.1 Å². The summed E-state index contributed by atoms with van der Waals surface area (Å²) in [7, 11) is 0. The normalized spacial score (nSPS) is 19.4. The molecule has 1 heterocycles.